The van der Waals surface area contributed by atoms with Gasteiger partial charge < -0.3 is 14.5 Å². The highest BCUT2D eigenvalue weighted by molar-refractivity contribution is 6.05. The summed E-state index contributed by atoms with van der Waals surface area (Å²) in [6.45, 7) is 4.54. The van der Waals surface area contributed by atoms with E-state index in [1.165, 1.54) is 0 Å². The number of hydrogen-bond donors (Lipinski definition) is 1. The highest BCUT2D eigenvalue weighted by Gasteiger charge is 2.12. The molecule has 0 fully saturated rings. The van der Waals surface area contributed by atoms with E-state index in [9.17, 15) is 4.79 Å². The largest absolute Gasteiger partial charge is 0.489 e. The fourth-order valence-electron chi connectivity index (χ4n) is 3.90. The van der Waals surface area contributed by atoms with Gasteiger partial charge in [0.2, 0.25) is 5.89 Å². The molecule has 0 unspecified atom stereocenters. The number of anilines is 1. The van der Waals surface area contributed by atoms with Crippen LogP contribution in [0.15, 0.2) is 95.4 Å². The van der Waals surface area contributed by atoms with Crippen molar-refractivity contribution in [3.63, 3.8) is 0 Å². The fourth-order valence-corrected chi connectivity index (χ4v) is 3.90. The molecule has 1 amide bonds. The summed E-state index contributed by atoms with van der Waals surface area (Å²) in [5.41, 5.74) is 6.83. The normalized spacial score (nSPS) is 10.9. The van der Waals surface area contributed by atoms with Gasteiger partial charge in [0.05, 0.1) is 0 Å². The number of nitrogens with zero attached hydrogens (tertiary/aromatic N) is 1. The number of fused-ring (bicyclic) bond motifs is 1. The molecule has 0 spiro atoms. The number of oxazole rings is 1. The second kappa shape index (κ2) is 9.24. The van der Waals surface area contributed by atoms with Crippen molar-refractivity contribution in [3.8, 4) is 17.2 Å². The number of carbonyl (C=O) groups is 1. The summed E-state index contributed by atoms with van der Waals surface area (Å²) in [5, 5.41) is 2.94. The summed E-state index contributed by atoms with van der Waals surface area (Å²) < 4.78 is 11.8. The molecule has 1 N–H and O–H groups in total. The maximum Gasteiger partial charge on any atom is 0.255 e. The molecule has 5 rings (SSSR count). The Morgan fingerprint density at radius 2 is 1.68 bits per heavy atom. The van der Waals surface area contributed by atoms with Crippen LogP contribution in [0.3, 0.4) is 0 Å². The van der Waals surface area contributed by atoms with E-state index in [1.54, 1.807) is 12.1 Å². The Labute approximate surface area is 198 Å². The number of amides is 1. The van der Waals surface area contributed by atoms with E-state index in [1.807, 2.05) is 72.8 Å². The third-order valence-corrected chi connectivity index (χ3v) is 5.46. The minimum absolute atomic E-state index is 0.220. The summed E-state index contributed by atoms with van der Waals surface area (Å²) in [7, 11) is 0. The number of aryl methyl sites for hydroxylation is 2. The smallest absolute Gasteiger partial charge is 0.255 e. The lowest BCUT2D eigenvalue weighted by atomic mass is 10.1. The zero-order valence-corrected chi connectivity index (χ0v) is 19.0. The van der Waals surface area contributed by atoms with Crippen LogP contribution in [0.5, 0.6) is 5.75 Å². The van der Waals surface area contributed by atoms with E-state index < -0.39 is 0 Å². The Bertz CT molecular complexity index is 1450. The van der Waals surface area contributed by atoms with Crippen LogP contribution >= 0.6 is 0 Å². The molecule has 0 bridgehead atoms. The quantitative estimate of drug-likeness (QED) is 0.305. The summed E-state index contributed by atoms with van der Waals surface area (Å²) in [6, 6.07) is 28.7. The minimum atomic E-state index is -0.220. The molecule has 0 saturated heterocycles. The van der Waals surface area contributed by atoms with Crippen molar-refractivity contribution in [2.75, 3.05) is 5.32 Å². The topological polar surface area (TPSA) is 64.4 Å². The van der Waals surface area contributed by atoms with E-state index in [2.05, 4.69) is 30.2 Å². The van der Waals surface area contributed by atoms with E-state index in [-0.39, 0.29) is 5.91 Å². The lowest BCUT2D eigenvalue weighted by Gasteiger charge is -2.09. The second-order valence-corrected chi connectivity index (χ2v) is 8.33. The number of hydrogen-bond acceptors (Lipinski definition) is 4. The zero-order chi connectivity index (χ0) is 23.5. The third-order valence-electron chi connectivity index (χ3n) is 5.46. The molecule has 168 valence electrons. The second-order valence-electron chi connectivity index (χ2n) is 8.33. The highest BCUT2D eigenvalue weighted by atomic mass is 16.5. The highest BCUT2D eigenvalue weighted by Crippen LogP contribution is 2.28. The Balaban J connectivity index is 1.31. The Hall–Kier alpha value is -4.38. The molecule has 0 aliphatic carbocycles. The van der Waals surface area contributed by atoms with Gasteiger partial charge in [-0.1, -0.05) is 53.6 Å². The zero-order valence-electron chi connectivity index (χ0n) is 19.0. The average Bonchev–Trinajstić information content (AvgIpc) is 3.27. The fraction of sp³-hybridized carbons (Fsp3) is 0.103. The van der Waals surface area contributed by atoms with Crippen LogP contribution in [0.4, 0.5) is 5.69 Å². The number of nitrogens with one attached hydrogen (secondary N) is 1. The van der Waals surface area contributed by atoms with Crippen molar-refractivity contribution in [1.82, 2.24) is 4.98 Å². The number of ether oxygens (including phenoxy) is 1. The van der Waals surface area contributed by atoms with Crippen molar-refractivity contribution in [1.29, 1.82) is 0 Å². The van der Waals surface area contributed by atoms with Gasteiger partial charge in [0, 0.05) is 16.8 Å². The van der Waals surface area contributed by atoms with Crippen LogP contribution in [-0.4, -0.2) is 10.9 Å². The Kier molecular flexibility index (Phi) is 5.83. The summed E-state index contributed by atoms with van der Waals surface area (Å²) in [6.07, 6.45) is 0. The molecule has 0 aliphatic heterocycles. The van der Waals surface area contributed by atoms with Crippen LogP contribution in [0.25, 0.3) is 22.6 Å². The van der Waals surface area contributed by atoms with Crippen molar-refractivity contribution in [3.05, 3.63) is 113 Å². The lowest BCUT2D eigenvalue weighted by Crippen LogP contribution is -2.12. The van der Waals surface area contributed by atoms with Crippen molar-refractivity contribution in [2.45, 2.75) is 20.5 Å². The van der Waals surface area contributed by atoms with Crippen molar-refractivity contribution >= 4 is 22.7 Å². The first-order valence-electron chi connectivity index (χ1n) is 11.1. The number of aromatic nitrogens is 1. The van der Waals surface area contributed by atoms with Crippen molar-refractivity contribution < 1.29 is 13.9 Å². The monoisotopic (exact) mass is 448 g/mol. The molecule has 0 atom stereocenters. The predicted molar refractivity (Wildman–Crippen MR) is 134 cm³/mol. The molecule has 5 aromatic rings. The van der Waals surface area contributed by atoms with Gasteiger partial charge in [-0.2, -0.15) is 0 Å². The number of rotatable bonds is 6. The molecule has 1 heterocycles. The molecule has 0 radical (unpaired) electrons. The Morgan fingerprint density at radius 1 is 0.882 bits per heavy atom. The first kappa shape index (κ1) is 21.5. The van der Waals surface area contributed by atoms with E-state index in [4.69, 9.17) is 9.15 Å². The van der Waals surface area contributed by atoms with Crippen LogP contribution in [0.1, 0.15) is 27.0 Å². The van der Waals surface area contributed by atoms with Crippen LogP contribution in [0.2, 0.25) is 0 Å². The molecule has 0 saturated carbocycles. The maximum atomic E-state index is 12.9. The molecular weight excluding hydrogens is 424 g/mol. The number of carbonyl (C=O) groups excluding carboxylic acids is 1. The Morgan fingerprint density at radius 3 is 2.47 bits per heavy atom. The van der Waals surface area contributed by atoms with Gasteiger partial charge in [-0.25, -0.2) is 4.98 Å². The van der Waals surface area contributed by atoms with Crippen LogP contribution in [0, 0.1) is 13.8 Å². The molecule has 1 aromatic heterocycles. The first-order chi connectivity index (χ1) is 16.5. The van der Waals surface area contributed by atoms with Gasteiger partial charge in [-0.05, 0) is 67.9 Å². The molecule has 4 aromatic carbocycles. The van der Waals surface area contributed by atoms with Gasteiger partial charge in [0.25, 0.3) is 5.91 Å². The van der Waals surface area contributed by atoms with Gasteiger partial charge in [-0.3, -0.25) is 4.79 Å². The first-order valence-corrected chi connectivity index (χ1v) is 11.1. The van der Waals surface area contributed by atoms with Gasteiger partial charge in [-0.15, -0.1) is 0 Å². The predicted octanol–water partition coefficient (Wildman–Crippen LogP) is 6.94. The van der Waals surface area contributed by atoms with Gasteiger partial charge in [0.15, 0.2) is 5.58 Å². The minimum Gasteiger partial charge on any atom is -0.489 e. The van der Waals surface area contributed by atoms with Gasteiger partial charge in [0.1, 0.15) is 17.9 Å². The SMILES string of the molecule is Cc1cc(C)cc(-c2nc3cc(NC(=O)c4cccc(OCc5ccccc5)c4)ccc3o2)c1. The molecule has 34 heavy (non-hydrogen) atoms. The molecule has 0 aliphatic rings. The van der Waals surface area contributed by atoms with E-state index in [0.717, 1.165) is 22.3 Å². The molecule has 5 nitrogen and oxygen atoms in total. The number of benzene rings is 4. The van der Waals surface area contributed by atoms with Gasteiger partial charge >= 0.3 is 0 Å². The van der Waals surface area contributed by atoms with Crippen LogP contribution < -0.4 is 10.1 Å². The molecular formula is C29H24N2O3. The third kappa shape index (κ3) is 4.84. The summed E-state index contributed by atoms with van der Waals surface area (Å²) in [4.78, 5) is 17.5. The summed E-state index contributed by atoms with van der Waals surface area (Å²) in [5.74, 6) is 0.984. The standard InChI is InChI=1S/C29H24N2O3/c1-19-13-20(2)15-23(14-19)29-31-26-17-24(11-12-27(26)34-29)30-28(32)22-9-6-10-25(16-22)33-18-21-7-4-3-5-8-21/h3-17H,18H2,1-2H3,(H,30,32). The molecule has 5 heteroatoms. The lowest BCUT2D eigenvalue weighted by molar-refractivity contribution is 0.102. The maximum absolute atomic E-state index is 12.9. The van der Waals surface area contributed by atoms with Crippen molar-refractivity contribution in [2.24, 2.45) is 0 Å². The van der Waals surface area contributed by atoms with E-state index >= 15 is 0 Å². The van der Waals surface area contributed by atoms with Crippen LogP contribution in [-0.2, 0) is 6.61 Å². The van der Waals surface area contributed by atoms with E-state index in [0.29, 0.717) is 40.6 Å². The summed E-state index contributed by atoms with van der Waals surface area (Å²) >= 11 is 0. The average molecular weight is 449 g/mol.